The molecule has 2 rings (SSSR count). The molecule has 1 aliphatic rings. The van der Waals surface area contributed by atoms with Crippen LogP contribution >= 0.6 is 27.5 Å². The van der Waals surface area contributed by atoms with Crippen LogP contribution < -0.4 is 5.32 Å². The first kappa shape index (κ1) is 16.8. The molecule has 2 N–H and O–H groups in total. The Hall–Kier alpha value is -1.57. The Labute approximate surface area is 140 Å². The molecule has 1 aliphatic heterocycles. The number of methoxy groups -OCH3 is 1. The van der Waals surface area contributed by atoms with Crippen molar-refractivity contribution < 1.29 is 19.4 Å². The zero-order valence-corrected chi connectivity index (χ0v) is 14.1. The number of rotatable bonds is 5. The predicted molar refractivity (Wildman–Crippen MR) is 85.5 cm³/mol. The Morgan fingerprint density at radius 3 is 2.86 bits per heavy atom. The summed E-state index contributed by atoms with van der Waals surface area (Å²) in [5, 5.41) is 12.5. The largest absolute Gasteiger partial charge is 0.466 e. The fraction of sp³-hybridized carbons (Fsp3) is 0.286. The van der Waals surface area contributed by atoms with E-state index in [9.17, 15) is 9.59 Å². The molecule has 0 aliphatic carbocycles. The summed E-state index contributed by atoms with van der Waals surface area (Å²) < 4.78 is 5.37. The van der Waals surface area contributed by atoms with Gasteiger partial charge in [0.1, 0.15) is 5.70 Å². The molecule has 0 saturated carbocycles. The van der Waals surface area contributed by atoms with Crippen LogP contribution in [0.4, 0.5) is 5.69 Å². The molecule has 8 heteroatoms. The van der Waals surface area contributed by atoms with Crippen molar-refractivity contribution in [2.45, 2.75) is 0 Å². The van der Waals surface area contributed by atoms with Crippen molar-refractivity contribution >= 4 is 45.1 Å². The Morgan fingerprint density at radius 1 is 1.55 bits per heavy atom. The van der Waals surface area contributed by atoms with E-state index in [2.05, 4.69) is 21.2 Å². The molecule has 0 aromatic heterocycles. The highest BCUT2D eigenvalue weighted by Crippen LogP contribution is 2.29. The van der Waals surface area contributed by atoms with Gasteiger partial charge in [-0.05, 0) is 34.1 Å². The maximum Gasteiger partial charge on any atom is 0.337 e. The molecule has 0 radical (unpaired) electrons. The highest BCUT2D eigenvalue weighted by Gasteiger charge is 2.34. The Morgan fingerprint density at radius 2 is 2.27 bits per heavy atom. The first-order valence-corrected chi connectivity index (χ1v) is 7.58. The molecule has 118 valence electrons. The smallest absolute Gasteiger partial charge is 0.337 e. The summed E-state index contributed by atoms with van der Waals surface area (Å²) in [6, 6.07) is 5.03. The summed E-state index contributed by atoms with van der Waals surface area (Å²) in [5.41, 5.74) is 0.964. The van der Waals surface area contributed by atoms with Gasteiger partial charge >= 0.3 is 5.97 Å². The number of anilines is 1. The molecule has 22 heavy (non-hydrogen) atoms. The maximum absolute atomic E-state index is 12.4. The van der Waals surface area contributed by atoms with Crippen molar-refractivity contribution in [2.24, 2.45) is 0 Å². The highest BCUT2D eigenvalue weighted by molar-refractivity contribution is 9.10. The molecule has 0 fully saturated rings. The average Bonchev–Trinajstić information content (AvgIpc) is 2.79. The number of nitrogens with zero attached hydrogens (tertiary/aromatic N) is 1. The third-order valence-corrected chi connectivity index (χ3v) is 4.04. The molecule has 6 nitrogen and oxygen atoms in total. The summed E-state index contributed by atoms with van der Waals surface area (Å²) in [4.78, 5) is 25.6. The monoisotopic (exact) mass is 388 g/mol. The molecule has 1 aromatic carbocycles. The van der Waals surface area contributed by atoms with Gasteiger partial charge in [-0.2, -0.15) is 0 Å². The van der Waals surface area contributed by atoms with Crippen LogP contribution in [-0.4, -0.2) is 48.7 Å². The fourth-order valence-corrected chi connectivity index (χ4v) is 2.86. The van der Waals surface area contributed by atoms with Crippen LogP contribution in [-0.2, 0) is 14.3 Å². The minimum Gasteiger partial charge on any atom is -0.466 e. The third kappa shape index (κ3) is 3.43. The zero-order chi connectivity index (χ0) is 16.3. The molecule has 0 bridgehead atoms. The minimum absolute atomic E-state index is 0.0968. The fourth-order valence-electron chi connectivity index (χ4n) is 2.07. The number of hydrogen-bond acceptors (Lipinski definition) is 5. The SMILES string of the molecule is COC(=O)C1=C(Nc2ccc(Cl)cc2Br)C(=O)N(CCO)C1. The second-order valence-corrected chi connectivity index (χ2v) is 5.84. The van der Waals surface area contributed by atoms with Gasteiger partial charge in [-0.3, -0.25) is 4.79 Å². The molecule has 0 saturated heterocycles. The van der Waals surface area contributed by atoms with Crippen LogP contribution in [0.25, 0.3) is 0 Å². The van der Waals surface area contributed by atoms with E-state index < -0.39 is 5.97 Å². The second kappa shape index (κ2) is 7.13. The van der Waals surface area contributed by atoms with E-state index in [1.54, 1.807) is 18.2 Å². The van der Waals surface area contributed by atoms with E-state index in [0.29, 0.717) is 15.2 Å². The van der Waals surface area contributed by atoms with E-state index >= 15 is 0 Å². The van der Waals surface area contributed by atoms with Crippen LogP contribution in [0.3, 0.4) is 0 Å². The van der Waals surface area contributed by atoms with E-state index in [1.807, 2.05) is 0 Å². The van der Waals surface area contributed by atoms with Crippen molar-refractivity contribution in [1.82, 2.24) is 4.90 Å². The maximum atomic E-state index is 12.4. The van der Waals surface area contributed by atoms with Gasteiger partial charge in [-0.25, -0.2) is 4.79 Å². The van der Waals surface area contributed by atoms with E-state index in [0.717, 1.165) is 0 Å². The lowest BCUT2D eigenvalue weighted by molar-refractivity contribution is -0.136. The first-order valence-electron chi connectivity index (χ1n) is 6.41. The van der Waals surface area contributed by atoms with Crippen LogP contribution in [0.1, 0.15) is 0 Å². The lowest BCUT2D eigenvalue weighted by atomic mass is 10.2. The van der Waals surface area contributed by atoms with Crippen LogP contribution in [0, 0.1) is 0 Å². The number of β-amino-alcohol motifs (C(OH)–C–C–N with tert-alkyl or cyclic N) is 1. The van der Waals surface area contributed by atoms with Crippen LogP contribution in [0.15, 0.2) is 33.9 Å². The molecular weight excluding hydrogens is 376 g/mol. The molecule has 0 spiro atoms. The molecule has 1 heterocycles. The van der Waals surface area contributed by atoms with Gasteiger partial charge < -0.3 is 20.1 Å². The number of ether oxygens (including phenoxy) is 1. The minimum atomic E-state index is -0.582. The van der Waals surface area contributed by atoms with Crippen molar-refractivity contribution in [3.8, 4) is 0 Å². The number of carbonyl (C=O) groups is 2. The molecule has 1 aromatic rings. The predicted octanol–water partition coefficient (Wildman–Crippen LogP) is 1.78. The average molecular weight is 390 g/mol. The van der Waals surface area contributed by atoms with Gasteiger partial charge in [-0.1, -0.05) is 11.6 Å². The van der Waals surface area contributed by atoms with Crippen molar-refractivity contribution in [3.63, 3.8) is 0 Å². The van der Waals surface area contributed by atoms with E-state index in [4.69, 9.17) is 21.4 Å². The first-order chi connectivity index (χ1) is 10.5. The zero-order valence-electron chi connectivity index (χ0n) is 11.7. The molecule has 0 unspecified atom stereocenters. The lowest BCUT2D eigenvalue weighted by Gasteiger charge is -2.15. The number of hydrogen-bond donors (Lipinski definition) is 2. The standard InChI is InChI=1S/C14H14BrClN2O4/c1-22-14(21)9-7-18(4-5-19)13(20)12(9)17-11-3-2-8(16)6-10(11)15/h2-3,6,17,19H,4-5,7H2,1H3. The topological polar surface area (TPSA) is 78.9 Å². The number of nitrogens with one attached hydrogen (secondary N) is 1. The van der Waals surface area contributed by atoms with Gasteiger partial charge in [-0.15, -0.1) is 0 Å². The van der Waals surface area contributed by atoms with Gasteiger partial charge in [0, 0.05) is 16.0 Å². The quantitative estimate of drug-likeness (QED) is 0.751. The van der Waals surface area contributed by atoms with E-state index in [-0.39, 0.29) is 36.9 Å². The number of benzene rings is 1. The van der Waals surface area contributed by atoms with Crippen molar-refractivity contribution in [2.75, 3.05) is 32.1 Å². The third-order valence-electron chi connectivity index (χ3n) is 3.14. The summed E-state index contributed by atoms with van der Waals surface area (Å²) in [7, 11) is 1.25. The Bertz CT molecular complexity index is 648. The lowest BCUT2D eigenvalue weighted by Crippen LogP contribution is -2.31. The molecule has 1 amide bonds. The second-order valence-electron chi connectivity index (χ2n) is 4.54. The van der Waals surface area contributed by atoms with Crippen LogP contribution in [0.2, 0.25) is 5.02 Å². The molecule has 0 atom stereocenters. The van der Waals surface area contributed by atoms with Crippen molar-refractivity contribution in [1.29, 1.82) is 0 Å². The highest BCUT2D eigenvalue weighted by atomic mass is 79.9. The summed E-state index contributed by atoms with van der Waals surface area (Å²) in [6.07, 6.45) is 0. The van der Waals surface area contributed by atoms with Gasteiger partial charge in [0.25, 0.3) is 5.91 Å². The van der Waals surface area contributed by atoms with Crippen LogP contribution in [0.5, 0.6) is 0 Å². The number of aliphatic hydroxyl groups is 1. The number of carbonyl (C=O) groups excluding carboxylic acids is 2. The number of aliphatic hydroxyl groups excluding tert-OH is 1. The number of halogens is 2. The normalized spacial score (nSPS) is 14.5. The Balaban J connectivity index is 2.34. The summed E-state index contributed by atoms with van der Waals surface area (Å²) in [5.74, 6) is -0.947. The van der Waals surface area contributed by atoms with Gasteiger partial charge in [0.05, 0.1) is 31.5 Å². The van der Waals surface area contributed by atoms with Crippen molar-refractivity contribution in [3.05, 3.63) is 39.0 Å². The molecular formula is C14H14BrClN2O4. The summed E-state index contributed by atoms with van der Waals surface area (Å²) in [6.45, 7) is 0.0595. The number of esters is 1. The van der Waals surface area contributed by atoms with Gasteiger partial charge in [0.2, 0.25) is 0 Å². The Kier molecular flexibility index (Phi) is 5.44. The number of amides is 1. The van der Waals surface area contributed by atoms with Gasteiger partial charge in [0.15, 0.2) is 0 Å². The van der Waals surface area contributed by atoms with E-state index in [1.165, 1.54) is 12.0 Å². The summed E-state index contributed by atoms with van der Waals surface area (Å²) >= 11 is 9.22.